The minimum atomic E-state index is 0.215. The van der Waals surface area contributed by atoms with Crippen LogP contribution in [0.1, 0.15) is 11.1 Å². The Bertz CT molecular complexity index is 719. The minimum Gasteiger partial charge on any atom is -0.506 e. The molecule has 5 nitrogen and oxygen atoms in total. The molecule has 0 atom stereocenters. The predicted molar refractivity (Wildman–Crippen MR) is 98.9 cm³/mol. The van der Waals surface area contributed by atoms with Gasteiger partial charge in [0.05, 0.1) is 30.6 Å². The van der Waals surface area contributed by atoms with E-state index >= 15 is 0 Å². The molecular formula is C17H18INO4. The molecule has 2 aromatic rings. The van der Waals surface area contributed by atoms with Gasteiger partial charge in [-0.15, -0.1) is 0 Å². The molecule has 0 bridgehead atoms. The molecule has 0 spiro atoms. The van der Waals surface area contributed by atoms with Gasteiger partial charge in [-0.25, -0.2) is 0 Å². The van der Waals surface area contributed by atoms with Crippen LogP contribution in [0.2, 0.25) is 0 Å². The number of nitrogens with zero attached hydrogens (tertiary/aromatic N) is 1. The Balaban J connectivity index is 2.44. The molecule has 0 aromatic heterocycles. The summed E-state index contributed by atoms with van der Waals surface area (Å²) in [5, 5.41) is 10.1. The Morgan fingerprint density at radius 1 is 1.00 bits per heavy atom. The zero-order valence-electron chi connectivity index (χ0n) is 13.4. The van der Waals surface area contributed by atoms with Gasteiger partial charge in [0.1, 0.15) is 5.75 Å². The zero-order chi connectivity index (χ0) is 17.0. The number of ether oxygens (including phenoxy) is 3. The van der Waals surface area contributed by atoms with Crippen molar-refractivity contribution in [3.05, 3.63) is 39.0 Å². The Hall–Kier alpha value is -1.96. The molecular weight excluding hydrogens is 409 g/mol. The molecule has 0 amide bonds. The van der Waals surface area contributed by atoms with E-state index in [1.807, 2.05) is 19.1 Å². The molecule has 1 N–H and O–H groups in total. The van der Waals surface area contributed by atoms with Gasteiger partial charge >= 0.3 is 0 Å². The van der Waals surface area contributed by atoms with Crippen molar-refractivity contribution in [2.45, 2.75) is 6.92 Å². The van der Waals surface area contributed by atoms with E-state index < -0.39 is 0 Å². The second-order valence-corrected chi connectivity index (χ2v) is 5.99. The van der Waals surface area contributed by atoms with Crippen molar-refractivity contribution < 1.29 is 19.3 Å². The van der Waals surface area contributed by atoms with E-state index in [0.29, 0.717) is 28.5 Å². The second-order valence-electron chi connectivity index (χ2n) is 4.83. The lowest BCUT2D eigenvalue weighted by Gasteiger charge is -2.12. The molecule has 0 aliphatic rings. The summed E-state index contributed by atoms with van der Waals surface area (Å²) in [7, 11) is 4.66. The highest BCUT2D eigenvalue weighted by molar-refractivity contribution is 14.1. The smallest absolute Gasteiger partial charge is 0.203 e. The SMILES string of the molecule is COc1cc(/N=C/c2cc(C)cc(I)c2O)cc(OC)c1OC. The lowest BCUT2D eigenvalue weighted by atomic mass is 10.1. The first-order valence-electron chi connectivity index (χ1n) is 6.83. The fourth-order valence-corrected chi connectivity index (χ4v) is 2.95. The molecule has 0 radical (unpaired) electrons. The topological polar surface area (TPSA) is 60.3 Å². The number of aliphatic imine (C=N–C) groups is 1. The van der Waals surface area contributed by atoms with Crippen molar-refractivity contribution in [1.82, 2.24) is 0 Å². The summed E-state index contributed by atoms with van der Waals surface area (Å²) in [5.74, 6) is 1.79. The van der Waals surface area contributed by atoms with Crippen LogP contribution in [0, 0.1) is 10.5 Å². The fraction of sp³-hybridized carbons (Fsp3) is 0.235. The molecule has 6 heteroatoms. The van der Waals surface area contributed by atoms with E-state index in [2.05, 4.69) is 27.6 Å². The van der Waals surface area contributed by atoms with Crippen molar-refractivity contribution in [2.24, 2.45) is 4.99 Å². The first-order chi connectivity index (χ1) is 11.0. The standard InChI is InChI=1S/C17H18INO4/c1-10-5-11(16(20)13(18)6-10)9-19-12-7-14(21-2)17(23-4)15(8-12)22-3/h5-9,20H,1-4H3/b19-9+. The van der Waals surface area contributed by atoms with Crippen LogP contribution in [-0.2, 0) is 0 Å². The van der Waals surface area contributed by atoms with Crippen LogP contribution in [0.15, 0.2) is 29.3 Å². The van der Waals surface area contributed by atoms with E-state index in [4.69, 9.17) is 14.2 Å². The molecule has 0 heterocycles. The van der Waals surface area contributed by atoms with Crippen LogP contribution in [0.5, 0.6) is 23.0 Å². The molecule has 2 rings (SSSR count). The monoisotopic (exact) mass is 427 g/mol. The van der Waals surface area contributed by atoms with Gasteiger partial charge in [0, 0.05) is 23.9 Å². The van der Waals surface area contributed by atoms with Crippen molar-refractivity contribution in [2.75, 3.05) is 21.3 Å². The first kappa shape index (κ1) is 17.4. The highest BCUT2D eigenvalue weighted by Crippen LogP contribution is 2.40. The molecule has 0 aliphatic heterocycles. The lowest BCUT2D eigenvalue weighted by molar-refractivity contribution is 0.324. The van der Waals surface area contributed by atoms with E-state index in [0.717, 1.165) is 9.13 Å². The van der Waals surface area contributed by atoms with Crippen molar-refractivity contribution in [1.29, 1.82) is 0 Å². The quantitative estimate of drug-likeness (QED) is 0.577. The normalized spacial score (nSPS) is 10.8. The Kier molecular flexibility index (Phi) is 5.70. The average molecular weight is 427 g/mol. The summed E-state index contributed by atoms with van der Waals surface area (Å²) in [6.07, 6.45) is 1.62. The lowest BCUT2D eigenvalue weighted by Crippen LogP contribution is -1.94. The van der Waals surface area contributed by atoms with Crippen LogP contribution in [0.4, 0.5) is 5.69 Å². The average Bonchev–Trinajstić information content (AvgIpc) is 2.55. The molecule has 0 unspecified atom stereocenters. The molecule has 0 saturated heterocycles. The van der Waals surface area contributed by atoms with E-state index in [-0.39, 0.29) is 5.75 Å². The van der Waals surface area contributed by atoms with Gasteiger partial charge in [0.25, 0.3) is 0 Å². The van der Waals surface area contributed by atoms with Crippen molar-refractivity contribution in [3.8, 4) is 23.0 Å². The van der Waals surface area contributed by atoms with E-state index in [9.17, 15) is 5.11 Å². The number of aryl methyl sites for hydroxylation is 1. The molecule has 0 aliphatic carbocycles. The summed E-state index contributed by atoms with van der Waals surface area (Å²) in [6, 6.07) is 7.27. The second kappa shape index (κ2) is 7.54. The third-order valence-corrected chi connectivity index (χ3v) is 4.06. The highest BCUT2D eigenvalue weighted by atomic mass is 127. The molecule has 2 aromatic carbocycles. The fourth-order valence-electron chi connectivity index (χ4n) is 2.15. The number of rotatable bonds is 5. The van der Waals surface area contributed by atoms with Gasteiger partial charge in [0.15, 0.2) is 11.5 Å². The maximum atomic E-state index is 10.1. The van der Waals surface area contributed by atoms with Gasteiger partial charge in [0.2, 0.25) is 5.75 Å². The number of hydrogen-bond donors (Lipinski definition) is 1. The molecule has 0 fully saturated rings. The number of phenols is 1. The third-order valence-electron chi connectivity index (χ3n) is 3.24. The van der Waals surface area contributed by atoms with Crippen LogP contribution in [0.25, 0.3) is 0 Å². The number of methoxy groups -OCH3 is 3. The summed E-state index contributed by atoms with van der Waals surface area (Å²) < 4.78 is 16.7. The van der Waals surface area contributed by atoms with Crippen LogP contribution >= 0.6 is 22.6 Å². The molecule has 0 saturated carbocycles. The molecule has 122 valence electrons. The largest absolute Gasteiger partial charge is 0.506 e. The van der Waals surface area contributed by atoms with Gasteiger partial charge in [-0.1, -0.05) is 0 Å². The van der Waals surface area contributed by atoms with Gasteiger partial charge in [-0.3, -0.25) is 4.99 Å². The number of phenolic OH excluding ortho intramolecular Hbond substituents is 1. The number of aromatic hydroxyl groups is 1. The van der Waals surface area contributed by atoms with Crippen LogP contribution in [-0.4, -0.2) is 32.7 Å². The number of hydrogen-bond acceptors (Lipinski definition) is 5. The van der Waals surface area contributed by atoms with E-state index in [1.165, 1.54) is 0 Å². The number of benzene rings is 2. The third kappa shape index (κ3) is 3.87. The minimum absolute atomic E-state index is 0.215. The Morgan fingerprint density at radius 3 is 2.13 bits per heavy atom. The van der Waals surface area contributed by atoms with Gasteiger partial charge in [-0.05, 0) is 47.2 Å². The number of halogens is 1. The van der Waals surface area contributed by atoms with Gasteiger partial charge < -0.3 is 19.3 Å². The van der Waals surface area contributed by atoms with Gasteiger partial charge in [-0.2, -0.15) is 0 Å². The molecule has 23 heavy (non-hydrogen) atoms. The summed E-state index contributed by atoms with van der Waals surface area (Å²) in [4.78, 5) is 4.41. The summed E-state index contributed by atoms with van der Waals surface area (Å²) >= 11 is 2.09. The first-order valence-corrected chi connectivity index (χ1v) is 7.91. The highest BCUT2D eigenvalue weighted by Gasteiger charge is 2.13. The zero-order valence-corrected chi connectivity index (χ0v) is 15.5. The Labute approximate surface area is 149 Å². The summed E-state index contributed by atoms with van der Waals surface area (Å²) in [5.41, 5.74) is 2.34. The van der Waals surface area contributed by atoms with E-state index in [1.54, 1.807) is 39.7 Å². The summed E-state index contributed by atoms with van der Waals surface area (Å²) in [6.45, 7) is 1.97. The predicted octanol–water partition coefficient (Wildman–Crippen LogP) is 4.08. The Morgan fingerprint density at radius 2 is 1.61 bits per heavy atom. The maximum Gasteiger partial charge on any atom is 0.203 e. The maximum absolute atomic E-state index is 10.1. The van der Waals surface area contributed by atoms with Crippen LogP contribution in [0.3, 0.4) is 0 Å². The van der Waals surface area contributed by atoms with Crippen molar-refractivity contribution >= 4 is 34.5 Å². The van der Waals surface area contributed by atoms with Crippen LogP contribution < -0.4 is 14.2 Å². The van der Waals surface area contributed by atoms with Crippen molar-refractivity contribution in [3.63, 3.8) is 0 Å².